The van der Waals surface area contributed by atoms with Crippen molar-refractivity contribution in [2.24, 2.45) is 0 Å². The lowest BCUT2D eigenvalue weighted by molar-refractivity contribution is -0.133. The minimum atomic E-state index is 0.120. The van der Waals surface area contributed by atoms with E-state index < -0.39 is 0 Å². The van der Waals surface area contributed by atoms with Crippen LogP contribution in [0.3, 0.4) is 0 Å². The normalized spacial score (nSPS) is 26.2. The molecule has 1 aliphatic carbocycles. The maximum absolute atomic E-state index is 9.82. The molecular formula is C7H10O2. The van der Waals surface area contributed by atoms with E-state index in [1.54, 1.807) is 0 Å². The van der Waals surface area contributed by atoms with Crippen LogP contribution in [0.5, 0.6) is 0 Å². The summed E-state index contributed by atoms with van der Waals surface area (Å²) in [6, 6.07) is 0. The van der Waals surface area contributed by atoms with Crippen LogP contribution in [0.25, 0.3) is 0 Å². The number of carbonyl (C=O) groups excluding carboxylic acids is 1. The second-order valence-corrected chi connectivity index (χ2v) is 2.35. The van der Waals surface area contributed by atoms with Crippen molar-refractivity contribution in [3.63, 3.8) is 0 Å². The van der Waals surface area contributed by atoms with Crippen molar-refractivity contribution in [3.8, 4) is 0 Å². The van der Waals surface area contributed by atoms with Crippen LogP contribution in [0.15, 0.2) is 12.2 Å². The molecular weight excluding hydrogens is 116 g/mol. The van der Waals surface area contributed by atoms with Gasteiger partial charge in [0.15, 0.2) is 0 Å². The number of hydrogen-bond donors (Lipinski definition) is 0. The van der Waals surface area contributed by atoms with Crippen molar-refractivity contribution in [2.45, 2.75) is 25.4 Å². The van der Waals surface area contributed by atoms with Crippen LogP contribution < -0.4 is 0 Å². The molecule has 0 N–H and O–H groups in total. The first-order valence-electron chi connectivity index (χ1n) is 3.08. The summed E-state index contributed by atoms with van der Waals surface area (Å²) >= 11 is 0. The van der Waals surface area contributed by atoms with Gasteiger partial charge in [-0.15, -0.1) is 0 Å². The lowest BCUT2D eigenvalue weighted by Crippen LogP contribution is -2.04. The highest BCUT2D eigenvalue weighted by atomic mass is 16.5. The summed E-state index contributed by atoms with van der Waals surface area (Å²) in [5, 5.41) is 0. The fraction of sp³-hybridized carbons (Fsp3) is 0.571. The van der Waals surface area contributed by atoms with Crippen LogP contribution in [0.2, 0.25) is 0 Å². The minimum absolute atomic E-state index is 0.120. The maximum Gasteiger partial charge on any atom is 0.293 e. The van der Waals surface area contributed by atoms with Crippen molar-refractivity contribution in [3.05, 3.63) is 12.2 Å². The topological polar surface area (TPSA) is 26.3 Å². The highest BCUT2D eigenvalue weighted by Crippen LogP contribution is 2.24. The first kappa shape index (κ1) is 6.33. The third-order valence-corrected chi connectivity index (χ3v) is 1.58. The minimum Gasteiger partial charge on any atom is -0.464 e. The predicted octanol–water partition coefficient (Wildman–Crippen LogP) is 1.27. The maximum atomic E-state index is 9.82. The van der Waals surface area contributed by atoms with E-state index in [1.165, 1.54) is 5.57 Å². The average molecular weight is 126 g/mol. The van der Waals surface area contributed by atoms with E-state index in [0.29, 0.717) is 6.47 Å². The Bertz CT molecular complexity index is 129. The Kier molecular flexibility index (Phi) is 1.88. The molecule has 0 saturated heterocycles. The lowest BCUT2D eigenvalue weighted by atomic mass is 10.3. The van der Waals surface area contributed by atoms with Gasteiger partial charge in [-0.2, -0.15) is 0 Å². The van der Waals surface area contributed by atoms with Gasteiger partial charge in [-0.25, -0.2) is 0 Å². The second kappa shape index (κ2) is 2.67. The van der Waals surface area contributed by atoms with Gasteiger partial charge in [0.1, 0.15) is 6.10 Å². The standard InChI is InChI=1S/C7H10O2/c1-6-2-3-7(4-6)9-5-8/h5,7H,1-4H2. The SMILES string of the molecule is C=C1CCC(OC=O)C1. The Morgan fingerprint density at radius 1 is 1.78 bits per heavy atom. The summed E-state index contributed by atoms with van der Waals surface area (Å²) in [6.45, 7) is 4.31. The van der Waals surface area contributed by atoms with Gasteiger partial charge < -0.3 is 4.74 Å². The molecule has 50 valence electrons. The molecule has 0 aliphatic heterocycles. The number of carbonyl (C=O) groups is 1. The van der Waals surface area contributed by atoms with Crippen molar-refractivity contribution < 1.29 is 9.53 Å². The molecule has 0 amide bonds. The molecule has 0 bridgehead atoms. The van der Waals surface area contributed by atoms with Gasteiger partial charge in [0, 0.05) is 6.42 Å². The first-order chi connectivity index (χ1) is 4.33. The molecule has 1 atom stereocenters. The molecule has 0 radical (unpaired) electrons. The fourth-order valence-electron chi connectivity index (χ4n) is 1.09. The molecule has 0 heterocycles. The lowest BCUT2D eigenvalue weighted by Gasteiger charge is -2.03. The zero-order valence-electron chi connectivity index (χ0n) is 5.30. The van der Waals surface area contributed by atoms with Crippen LogP contribution in [-0.4, -0.2) is 12.6 Å². The smallest absolute Gasteiger partial charge is 0.293 e. The zero-order chi connectivity index (χ0) is 6.69. The van der Waals surface area contributed by atoms with Crippen LogP contribution in [0, 0.1) is 0 Å². The van der Waals surface area contributed by atoms with Crippen molar-refractivity contribution in [1.29, 1.82) is 0 Å². The molecule has 0 spiro atoms. The molecule has 2 heteroatoms. The molecule has 1 aliphatic rings. The quantitative estimate of drug-likeness (QED) is 0.411. The van der Waals surface area contributed by atoms with Crippen molar-refractivity contribution in [1.82, 2.24) is 0 Å². The summed E-state index contributed by atoms with van der Waals surface area (Å²) in [6.07, 6.45) is 2.95. The molecule has 2 nitrogen and oxygen atoms in total. The van der Waals surface area contributed by atoms with Crippen LogP contribution in [0.4, 0.5) is 0 Å². The number of ether oxygens (including phenoxy) is 1. The molecule has 0 aromatic carbocycles. The van der Waals surface area contributed by atoms with Gasteiger partial charge in [-0.3, -0.25) is 4.79 Å². The van der Waals surface area contributed by atoms with Crippen LogP contribution in [0.1, 0.15) is 19.3 Å². The summed E-state index contributed by atoms with van der Waals surface area (Å²) in [7, 11) is 0. The van der Waals surface area contributed by atoms with Gasteiger partial charge in [0.2, 0.25) is 0 Å². The number of rotatable bonds is 2. The third-order valence-electron chi connectivity index (χ3n) is 1.58. The van der Waals surface area contributed by atoms with Gasteiger partial charge in [-0.05, 0) is 12.8 Å². The summed E-state index contributed by atoms with van der Waals surface area (Å²) in [5.41, 5.74) is 1.20. The van der Waals surface area contributed by atoms with E-state index in [1.807, 2.05) is 0 Å². The van der Waals surface area contributed by atoms with Gasteiger partial charge >= 0.3 is 0 Å². The molecule has 1 fully saturated rings. The van der Waals surface area contributed by atoms with Gasteiger partial charge in [0.05, 0.1) is 0 Å². The van der Waals surface area contributed by atoms with E-state index in [9.17, 15) is 4.79 Å². The Balaban J connectivity index is 2.29. The summed E-state index contributed by atoms with van der Waals surface area (Å²) < 4.78 is 4.73. The predicted molar refractivity (Wildman–Crippen MR) is 33.9 cm³/mol. The van der Waals surface area contributed by atoms with Gasteiger partial charge in [0.25, 0.3) is 6.47 Å². The van der Waals surface area contributed by atoms with Crippen molar-refractivity contribution in [2.75, 3.05) is 0 Å². The Hall–Kier alpha value is -0.790. The van der Waals surface area contributed by atoms with E-state index in [-0.39, 0.29) is 6.10 Å². The highest BCUT2D eigenvalue weighted by molar-refractivity contribution is 5.37. The van der Waals surface area contributed by atoms with E-state index in [4.69, 9.17) is 4.74 Å². The van der Waals surface area contributed by atoms with Crippen molar-refractivity contribution >= 4 is 6.47 Å². The Morgan fingerprint density at radius 2 is 2.56 bits per heavy atom. The summed E-state index contributed by atoms with van der Waals surface area (Å²) in [4.78, 5) is 9.82. The van der Waals surface area contributed by atoms with Crippen LogP contribution >= 0.6 is 0 Å². The Morgan fingerprint density at radius 3 is 3.00 bits per heavy atom. The summed E-state index contributed by atoms with van der Waals surface area (Å²) in [5.74, 6) is 0. The molecule has 1 unspecified atom stereocenters. The Labute approximate surface area is 54.5 Å². The largest absolute Gasteiger partial charge is 0.464 e. The van der Waals surface area contributed by atoms with E-state index >= 15 is 0 Å². The highest BCUT2D eigenvalue weighted by Gasteiger charge is 2.17. The number of hydrogen-bond acceptors (Lipinski definition) is 2. The zero-order valence-corrected chi connectivity index (χ0v) is 5.30. The van der Waals surface area contributed by atoms with Gasteiger partial charge in [-0.1, -0.05) is 12.2 Å². The van der Waals surface area contributed by atoms with Crippen LogP contribution in [-0.2, 0) is 9.53 Å². The van der Waals surface area contributed by atoms with E-state index in [2.05, 4.69) is 6.58 Å². The average Bonchev–Trinajstić information content (AvgIpc) is 2.17. The molecule has 0 aromatic rings. The molecule has 9 heavy (non-hydrogen) atoms. The first-order valence-corrected chi connectivity index (χ1v) is 3.08. The third kappa shape index (κ3) is 1.56. The molecule has 1 rings (SSSR count). The molecule has 1 saturated carbocycles. The molecule has 0 aromatic heterocycles. The van der Waals surface area contributed by atoms with E-state index in [0.717, 1.165) is 19.3 Å². The fourth-order valence-corrected chi connectivity index (χ4v) is 1.09. The monoisotopic (exact) mass is 126 g/mol. The second-order valence-electron chi connectivity index (χ2n) is 2.35.